The van der Waals surface area contributed by atoms with Gasteiger partial charge >= 0.3 is 6.01 Å². The molecular formula is C13H25N5O2. The zero-order chi connectivity index (χ0) is 15.0. The van der Waals surface area contributed by atoms with Crippen LogP contribution in [0.3, 0.4) is 0 Å². The van der Waals surface area contributed by atoms with E-state index in [2.05, 4.69) is 33.1 Å². The number of hydrogen-bond acceptors (Lipinski definition) is 6. The normalized spacial score (nSPS) is 12.4. The number of nitrogens with one attached hydrogen (secondary N) is 3. The summed E-state index contributed by atoms with van der Waals surface area (Å²) in [7, 11) is 0. The molecule has 0 radical (unpaired) electrons. The van der Waals surface area contributed by atoms with E-state index in [-0.39, 0.29) is 18.0 Å². The van der Waals surface area contributed by atoms with E-state index < -0.39 is 0 Å². The summed E-state index contributed by atoms with van der Waals surface area (Å²) in [6.45, 7) is 9.31. The number of aromatic nitrogens is 2. The molecule has 0 fully saturated rings. The number of carbonyl (C=O) groups is 1. The van der Waals surface area contributed by atoms with Crippen LogP contribution in [0.25, 0.3) is 0 Å². The Kier molecular flexibility index (Phi) is 7.00. The molecule has 0 aliphatic heterocycles. The van der Waals surface area contributed by atoms with Crippen molar-refractivity contribution in [3.63, 3.8) is 0 Å². The Morgan fingerprint density at radius 2 is 2.00 bits per heavy atom. The van der Waals surface area contributed by atoms with Gasteiger partial charge in [-0.05, 0) is 33.7 Å². The summed E-state index contributed by atoms with van der Waals surface area (Å²) in [5.74, 6) is 0.554. The SMILES string of the molecule is CCCNC(C)c1nnc(NCCC(=O)NC(C)C)o1. The van der Waals surface area contributed by atoms with Crippen LogP contribution in [0.15, 0.2) is 4.42 Å². The van der Waals surface area contributed by atoms with Crippen molar-refractivity contribution in [3.8, 4) is 0 Å². The maximum Gasteiger partial charge on any atom is 0.315 e. The Bertz CT molecular complexity index is 405. The van der Waals surface area contributed by atoms with E-state index in [0.29, 0.717) is 24.9 Å². The van der Waals surface area contributed by atoms with E-state index in [1.165, 1.54) is 0 Å². The molecule has 0 saturated heterocycles. The number of anilines is 1. The van der Waals surface area contributed by atoms with Gasteiger partial charge in [-0.15, -0.1) is 5.10 Å². The van der Waals surface area contributed by atoms with Gasteiger partial charge in [0.1, 0.15) is 0 Å². The van der Waals surface area contributed by atoms with Crippen LogP contribution in [0, 0.1) is 0 Å². The summed E-state index contributed by atoms with van der Waals surface area (Å²) >= 11 is 0. The molecule has 0 spiro atoms. The van der Waals surface area contributed by atoms with Crippen LogP contribution in [0.2, 0.25) is 0 Å². The van der Waals surface area contributed by atoms with Crippen molar-refractivity contribution in [1.29, 1.82) is 0 Å². The molecule has 20 heavy (non-hydrogen) atoms. The molecule has 1 amide bonds. The van der Waals surface area contributed by atoms with Gasteiger partial charge in [0, 0.05) is 19.0 Å². The van der Waals surface area contributed by atoms with Crippen LogP contribution in [0.4, 0.5) is 6.01 Å². The second kappa shape index (κ2) is 8.52. The zero-order valence-corrected chi connectivity index (χ0v) is 12.7. The molecule has 3 N–H and O–H groups in total. The number of carbonyl (C=O) groups excluding carboxylic acids is 1. The minimum absolute atomic E-state index is 0.00483. The zero-order valence-electron chi connectivity index (χ0n) is 12.7. The first-order chi connectivity index (χ1) is 9.52. The summed E-state index contributed by atoms with van der Waals surface area (Å²) in [6.07, 6.45) is 1.42. The van der Waals surface area contributed by atoms with Crippen molar-refractivity contribution in [1.82, 2.24) is 20.8 Å². The number of rotatable bonds is 9. The van der Waals surface area contributed by atoms with Crippen LogP contribution in [0.5, 0.6) is 0 Å². The smallest absolute Gasteiger partial charge is 0.315 e. The van der Waals surface area contributed by atoms with E-state index >= 15 is 0 Å². The van der Waals surface area contributed by atoms with E-state index in [0.717, 1.165) is 13.0 Å². The molecule has 114 valence electrons. The van der Waals surface area contributed by atoms with Gasteiger partial charge in [-0.2, -0.15) is 0 Å². The Morgan fingerprint density at radius 3 is 2.65 bits per heavy atom. The van der Waals surface area contributed by atoms with Crippen molar-refractivity contribution in [3.05, 3.63) is 5.89 Å². The molecule has 0 aliphatic rings. The highest BCUT2D eigenvalue weighted by atomic mass is 16.4. The second-order valence-electron chi connectivity index (χ2n) is 5.02. The number of nitrogens with zero attached hydrogens (tertiary/aromatic N) is 2. The van der Waals surface area contributed by atoms with Gasteiger partial charge in [-0.25, -0.2) is 0 Å². The molecular weight excluding hydrogens is 258 g/mol. The monoisotopic (exact) mass is 283 g/mol. The van der Waals surface area contributed by atoms with Crippen molar-refractivity contribution < 1.29 is 9.21 Å². The maximum absolute atomic E-state index is 11.4. The summed E-state index contributed by atoms with van der Waals surface area (Å²) in [5.41, 5.74) is 0. The summed E-state index contributed by atoms with van der Waals surface area (Å²) in [4.78, 5) is 11.4. The second-order valence-corrected chi connectivity index (χ2v) is 5.02. The minimum Gasteiger partial charge on any atom is -0.406 e. The summed E-state index contributed by atoms with van der Waals surface area (Å²) in [6, 6.07) is 0.535. The molecule has 1 aromatic rings. The predicted molar refractivity (Wildman–Crippen MR) is 77.4 cm³/mol. The molecule has 1 unspecified atom stereocenters. The van der Waals surface area contributed by atoms with Crippen LogP contribution in [-0.2, 0) is 4.79 Å². The lowest BCUT2D eigenvalue weighted by atomic mass is 10.3. The number of hydrogen-bond donors (Lipinski definition) is 3. The first kappa shape index (κ1) is 16.4. The van der Waals surface area contributed by atoms with Crippen LogP contribution in [-0.4, -0.2) is 35.2 Å². The molecule has 0 aliphatic carbocycles. The first-order valence-electron chi connectivity index (χ1n) is 7.13. The van der Waals surface area contributed by atoms with Crippen molar-refractivity contribution in [2.24, 2.45) is 0 Å². The summed E-state index contributed by atoms with van der Waals surface area (Å²) < 4.78 is 5.48. The van der Waals surface area contributed by atoms with Gasteiger partial charge in [-0.3, -0.25) is 4.79 Å². The highest BCUT2D eigenvalue weighted by molar-refractivity contribution is 5.76. The van der Waals surface area contributed by atoms with Crippen molar-refractivity contribution in [2.75, 3.05) is 18.4 Å². The first-order valence-corrected chi connectivity index (χ1v) is 7.13. The molecule has 1 atom stereocenters. The fourth-order valence-electron chi connectivity index (χ4n) is 1.61. The van der Waals surface area contributed by atoms with E-state index in [1.54, 1.807) is 0 Å². The molecule has 0 bridgehead atoms. The average Bonchev–Trinajstić information content (AvgIpc) is 2.84. The topological polar surface area (TPSA) is 92.1 Å². The third-order valence-electron chi connectivity index (χ3n) is 2.59. The molecule has 7 nitrogen and oxygen atoms in total. The largest absolute Gasteiger partial charge is 0.406 e. The Balaban J connectivity index is 2.31. The fraction of sp³-hybridized carbons (Fsp3) is 0.769. The Morgan fingerprint density at radius 1 is 1.25 bits per heavy atom. The van der Waals surface area contributed by atoms with Gasteiger partial charge in [0.15, 0.2) is 0 Å². The lowest BCUT2D eigenvalue weighted by molar-refractivity contribution is -0.121. The van der Waals surface area contributed by atoms with Crippen LogP contribution in [0.1, 0.15) is 52.5 Å². The van der Waals surface area contributed by atoms with Crippen LogP contribution < -0.4 is 16.0 Å². The minimum atomic E-state index is 0.00483. The molecule has 1 aromatic heterocycles. The third-order valence-corrected chi connectivity index (χ3v) is 2.59. The van der Waals surface area contributed by atoms with E-state index in [1.807, 2.05) is 20.8 Å². The quantitative estimate of drug-likeness (QED) is 0.635. The fourth-order valence-corrected chi connectivity index (χ4v) is 1.61. The molecule has 0 aromatic carbocycles. The van der Waals surface area contributed by atoms with Gasteiger partial charge in [0.05, 0.1) is 6.04 Å². The van der Waals surface area contributed by atoms with Gasteiger partial charge in [0.2, 0.25) is 11.8 Å². The Labute approximate surface area is 119 Å². The van der Waals surface area contributed by atoms with Gasteiger partial charge in [-0.1, -0.05) is 12.0 Å². The third kappa shape index (κ3) is 6.01. The highest BCUT2D eigenvalue weighted by Crippen LogP contribution is 2.13. The standard InChI is InChI=1S/C13H25N5O2/c1-5-7-14-10(4)12-17-18-13(20-12)15-8-6-11(19)16-9(2)3/h9-10,14H,5-8H2,1-4H3,(H,15,18)(H,16,19). The maximum atomic E-state index is 11.4. The van der Waals surface area contributed by atoms with Crippen LogP contribution >= 0.6 is 0 Å². The molecule has 0 saturated carbocycles. The molecule has 1 rings (SSSR count). The molecule has 1 heterocycles. The molecule has 7 heteroatoms. The van der Waals surface area contributed by atoms with Gasteiger partial charge < -0.3 is 20.4 Å². The van der Waals surface area contributed by atoms with Crippen molar-refractivity contribution >= 4 is 11.9 Å². The van der Waals surface area contributed by atoms with E-state index in [9.17, 15) is 4.79 Å². The number of amides is 1. The van der Waals surface area contributed by atoms with E-state index in [4.69, 9.17) is 4.42 Å². The average molecular weight is 283 g/mol. The lowest BCUT2D eigenvalue weighted by Crippen LogP contribution is -2.31. The summed E-state index contributed by atoms with van der Waals surface area (Å²) in [5, 5.41) is 16.9. The highest BCUT2D eigenvalue weighted by Gasteiger charge is 2.13. The predicted octanol–water partition coefficient (Wildman–Crippen LogP) is 1.46. The van der Waals surface area contributed by atoms with Crippen molar-refractivity contribution in [2.45, 2.75) is 52.6 Å². The Hall–Kier alpha value is -1.63. The lowest BCUT2D eigenvalue weighted by Gasteiger charge is -2.08. The van der Waals surface area contributed by atoms with Gasteiger partial charge in [0.25, 0.3) is 0 Å².